The zero-order chi connectivity index (χ0) is 11.7. The van der Waals surface area contributed by atoms with Crippen molar-refractivity contribution in [2.75, 3.05) is 0 Å². The summed E-state index contributed by atoms with van der Waals surface area (Å²) < 4.78 is 0.189. The fourth-order valence-corrected chi connectivity index (χ4v) is 2.81. The molecule has 0 aromatic heterocycles. The van der Waals surface area contributed by atoms with E-state index >= 15 is 0 Å². The number of thiol groups is 1. The van der Waals surface area contributed by atoms with Crippen LogP contribution in [0.2, 0.25) is 0 Å². The molecule has 1 saturated carbocycles. The number of hydrogen-bond acceptors (Lipinski definition) is 1. The summed E-state index contributed by atoms with van der Waals surface area (Å²) in [6.07, 6.45) is 7.03. The van der Waals surface area contributed by atoms with E-state index in [2.05, 4.69) is 47.2 Å². The summed E-state index contributed by atoms with van der Waals surface area (Å²) in [5.74, 6) is 1.71. The van der Waals surface area contributed by atoms with Crippen LogP contribution in [0.15, 0.2) is 0 Å². The van der Waals surface area contributed by atoms with Crippen molar-refractivity contribution in [2.45, 2.75) is 71.5 Å². The van der Waals surface area contributed by atoms with E-state index in [9.17, 15) is 0 Å². The average Bonchev–Trinajstić information content (AvgIpc) is 2.76. The zero-order valence-corrected chi connectivity index (χ0v) is 12.0. The minimum atomic E-state index is 0.189. The molecule has 1 rings (SSSR count). The first-order chi connectivity index (χ1) is 6.82. The molecule has 0 saturated heterocycles. The van der Waals surface area contributed by atoms with E-state index < -0.39 is 0 Å². The van der Waals surface area contributed by atoms with Gasteiger partial charge in [-0.2, -0.15) is 12.6 Å². The average molecular weight is 228 g/mol. The predicted octanol–water partition coefficient (Wildman–Crippen LogP) is 4.94. The van der Waals surface area contributed by atoms with E-state index in [4.69, 9.17) is 0 Å². The van der Waals surface area contributed by atoms with Crippen molar-refractivity contribution >= 4 is 12.6 Å². The molecule has 1 aliphatic carbocycles. The Morgan fingerprint density at radius 3 is 2.33 bits per heavy atom. The predicted molar refractivity (Wildman–Crippen MR) is 72.6 cm³/mol. The Hall–Kier alpha value is 0.350. The van der Waals surface area contributed by atoms with Crippen LogP contribution in [0.4, 0.5) is 0 Å². The van der Waals surface area contributed by atoms with Gasteiger partial charge in [0, 0.05) is 4.75 Å². The topological polar surface area (TPSA) is 0 Å². The Kier molecular flexibility index (Phi) is 4.20. The lowest BCUT2D eigenvalue weighted by molar-refractivity contribution is 0.350. The molecule has 3 unspecified atom stereocenters. The lowest BCUT2D eigenvalue weighted by Gasteiger charge is -2.27. The molecule has 0 heterocycles. The molecule has 0 aliphatic heterocycles. The quantitative estimate of drug-likeness (QED) is 0.612. The Balaban J connectivity index is 2.22. The van der Waals surface area contributed by atoms with Crippen molar-refractivity contribution in [2.24, 2.45) is 17.3 Å². The maximum Gasteiger partial charge on any atom is 0.00987 e. The second-order valence-corrected chi connectivity index (χ2v) is 7.42. The standard InChI is InChI=1S/C14H28S/c1-6-14(10-12(14)3)9-7-8-11(2)13(4,5)15/h11-12,15H,6-10H2,1-5H3. The van der Waals surface area contributed by atoms with Crippen molar-refractivity contribution in [1.82, 2.24) is 0 Å². The van der Waals surface area contributed by atoms with Crippen LogP contribution in [-0.4, -0.2) is 4.75 Å². The summed E-state index contributed by atoms with van der Waals surface area (Å²) in [4.78, 5) is 0. The van der Waals surface area contributed by atoms with E-state index in [0.717, 1.165) is 17.3 Å². The second kappa shape index (κ2) is 4.69. The summed E-state index contributed by atoms with van der Waals surface area (Å²) in [5, 5.41) is 0. The highest BCUT2D eigenvalue weighted by atomic mass is 32.1. The summed E-state index contributed by atoms with van der Waals surface area (Å²) in [6, 6.07) is 0. The SMILES string of the molecule is CCC1(CCCC(C)C(C)(C)S)CC1C. The molecule has 1 fully saturated rings. The van der Waals surface area contributed by atoms with Crippen LogP contribution in [-0.2, 0) is 0 Å². The Bertz CT molecular complexity index is 200. The largest absolute Gasteiger partial charge is 0.173 e. The molecule has 15 heavy (non-hydrogen) atoms. The first kappa shape index (κ1) is 13.4. The molecular formula is C14H28S. The molecule has 0 amide bonds. The molecule has 0 nitrogen and oxygen atoms in total. The van der Waals surface area contributed by atoms with Gasteiger partial charge in [-0.05, 0) is 36.5 Å². The summed E-state index contributed by atoms with van der Waals surface area (Å²) >= 11 is 4.65. The van der Waals surface area contributed by atoms with Crippen LogP contribution < -0.4 is 0 Å². The normalized spacial score (nSPS) is 32.8. The van der Waals surface area contributed by atoms with Gasteiger partial charge in [0.25, 0.3) is 0 Å². The smallest absolute Gasteiger partial charge is 0.00987 e. The molecule has 1 aliphatic rings. The van der Waals surface area contributed by atoms with Crippen LogP contribution in [0.25, 0.3) is 0 Å². The first-order valence-corrected chi connectivity index (χ1v) is 6.99. The fraction of sp³-hybridized carbons (Fsp3) is 1.00. The van der Waals surface area contributed by atoms with Crippen LogP contribution in [0, 0.1) is 17.3 Å². The summed E-state index contributed by atoms with van der Waals surface area (Å²) in [6.45, 7) is 11.6. The van der Waals surface area contributed by atoms with Gasteiger partial charge < -0.3 is 0 Å². The van der Waals surface area contributed by atoms with Crippen LogP contribution >= 0.6 is 12.6 Å². The molecule has 0 aromatic carbocycles. The molecule has 90 valence electrons. The van der Waals surface area contributed by atoms with E-state index in [0.29, 0.717) is 0 Å². The van der Waals surface area contributed by atoms with E-state index in [1.54, 1.807) is 0 Å². The third-order valence-electron chi connectivity index (χ3n) is 4.82. The van der Waals surface area contributed by atoms with Crippen LogP contribution in [0.5, 0.6) is 0 Å². The van der Waals surface area contributed by atoms with Crippen molar-refractivity contribution in [3.63, 3.8) is 0 Å². The highest BCUT2D eigenvalue weighted by Gasteiger charge is 2.48. The third-order valence-corrected chi connectivity index (χ3v) is 5.26. The molecule has 1 heteroatoms. The van der Waals surface area contributed by atoms with Gasteiger partial charge in [-0.25, -0.2) is 0 Å². The van der Waals surface area contributed by atoms with E-state index in [-0.39, 0.29) is 4.75 Å². The van der Waals surface area contributed by atoms with E-state index in [1.807, 2.05) is 0 Å². The highest BCUT2D eigenvalue weighted by Crippen LogP contribution is 2.58. The van der Waals surface area contributed by atoms with Crippen molar-refractivity contribution in [3.05, 3.63) is 0 Å². The minimum absolute atomic E-state index is 0.189. The third kappa shape index (κ3) is 3.41. The zero-order valence-electron chi connectivity index (χ0n) is 11.1. The van der Waals surface area contributed by atoms with Crippen LogP contribution in [0.3, 0.4) is 0 Å². The molecular weight excluding hydrogens is 200 g/mol. The Labute approximate surface area is 102 Å². The number of hydrogen-bond donors (Lipinski definition) is 1. The fourth-order valence-electron chi connectivity index (χ4n) is 2.68. The van der Waals surface area contributed by atoms with Gasteiger partial charge in [-0.1, -0.05) is 47.5 Å². The molecule has 0 aromatic rings. The molecule has 0 bridgehead atoms. The molecule has 3 atom stereocenters. The van der Waals surface area contributed by atoms with Gasteiger partial charge in [0.05, 0.1) is 0 Å². The van der Waals surface area contributed by atoms with E-state index in [1.165, 1.54) is 32.1 Å². The van der Waals surface area contributed by atoms with Gasteiger partial charge in [0.2, 0.25) is 0 Å². The molecule has 0 spiro atoms. The van der Waals surface area contributed by atoms with Gasteiger partial charge in [-0.3, -0.25) is 0 Å². The van der Waals surface area contributed by atoms with Gasteiger partial charge >= 0.3 is 0 Å². The summed E-state index contributed by atoms with van der Waals surface area (Å²) in [5.41, 5.74) is 0.737. The maximum absolute atomic E-state index is 4.65. The first-order valence-electron chi connectivity index (χ1n) is 6.54. The van der Waals surface area contributed by atoms with Gasteiger partial charge in [0.1, 0.15) is 0 Å². The van der Waals surface area contributed by atoms with Gasteiger partial charge in [0.15, 0.2) is 0 Å². The highest BCUT2D eigenvalue weighted by molar-refractivity contribution is 7.81. The van der Waals surface area contributed by atoms with Gasteiger partial charge in [-0.15, -0.1) is 0 Å². The maximum atomic E-state index is 4.65. The van der Waals surface area contributed by atoms with Crippen molar-refractivity contribution in [1.29, 1.82) is 0 Å². The van der Waals surface area contributed by atoms with Crippen molar-refractivity contribution < 1.29 is 0 Å². The van der Waals surface area contributed by atoms with Crippen LogP contribution in [0.1, 0.15) is 66.7 Å². The van der Waals surface area contributed by atoms with Crippen molar-refractivity contribution in [3.8, 4) is 0 Å². The second-order valence-electron chi connectivity index (χ2n) is 6.27. The molecule has 0 N–H and O–H groups in total. The summed E-state index contributed by atoms with van der Waals surface area (Å²) in [7, 11) is 0. The Morgan fingerprint density at radius 1 is 1.47 bits per heavy atom. The lowest BCUT2D eigenvalue weighted by atomic mass is 9.87. The number of rotatable bonds is 6. The molecule has 0 radical (unpaired) electrons. The monoisotopic (exact) mass is 228 g/mol. The lowest BCUT2D eigenvalue weighted by Crippen LogP contribution is -2.22. The Morgan fingerprint density at radius 2 is 2.00 bits per heavy atom. The minimum Gasteiger partial charge on any atom is -0.173 e.